The summed E-state index contributed by atoms with van der Waals surface area (Å²) < 4.78 is 5.06. The van der Waals surface area contributed by atoms with Crippen molar-refractivity contribution in [1.29, 1.82) is 0 Å². The van der Waals surface area contributed by atoms with Crippen LogP contribution in [-0.4, -0.2) is 30.4 Å². The highest BCUT2D eigenvalue weighted by atomic mass is 35.5. The van der Waals surface area contributed by atoms with Gasteiger partial charge in [0.2, 0.25) is 0 Å². The number of carbonyl (C=O) groups excluding carboxylic acids is 1. The molecule has 3 N–H and O–H groups in total. The van der Waals surface area contributed by atoms with Crippen LogP contribution in [0.4, 0.5) is 5.69 Å². The van der Waals surface area contributed by atoms with Crippen molar-refractivity contribution in [1.82, 2.24) is 5.43 Å². The van der Waals surface area contributed by atoms with Gasteiger partial charge < -0.3 is 15.2 Å². The summed E-state index contributed by atoms with van der Waals surface area (Å²) in [5.41, 5.74) is 3.90. The van der Waals surface area contributed by atoms with Crippen molar-refractivity contribution >= 4 is 40.5 Å². The summed E-state index contributed by atoms with van der Waals surface area (Å²) in [4.78, 5) is 11.9. The quantitative estimate of drug-likeness (QED) is 0.526. The van der Waals surface area contributed by atoms with Crippen molar-refractivity contribution in [2.24, 2.45) is 5.10 Å². The summed E-state index contributed by atoms with van der Waals surface area (Å²) >= 11 is 11.8. The molecule has 0 aliphatic heterocycles. The number of hydrogen-bond acceptors (Lipinski definition) is 5. The minimum absolute atomic E-state index is 0.0331. The molecular weight excluding hydrogens is 365 g/mol. The Morgan fingerprint density at radius 3 is 2.56 bits per heavy atom. The van der Waals surface area contributed by atoms with Gasteiger partial charge in [-0.15, -0.1) is 0 Å². The first-order valence-corrected chi connectivity index (χ1v) is 8.05. The number of nitrogens with zero attached hydrogens (tertiary/aromatic N) is 1. The van der Waals surface area contributed by atoms with E-state index in [2.05, 4.69) is 15.8 Å². The molecule has 0 atom stereocenters. The number of rotatable bonds is 6. The zero-order valence-electron chi connectivity index (χ0n) is 13.6. The number of hydrazone groups is 1. The number of hydrogen-bond donors (Lipinski definition) is 3. The smallest absolute Gasteiger partial charge is 0.259 e. The summed E-state index contributed by atoms with van der Waals surface area (Å²) in [7, 11) is 1.58. The topological polar surface area (TPSA) is 83.0 Å². The van der Waals surface area contributed by atoms with E-state index < -0.39 is 0 Å². The van der Waals surface area contributed by atoms with Gasteiger partial charge in [-0.25, -0.2) is 5.43 Å². The molecule has 1 amide bonds. The van der Waals surface area contributed by atoms with Gasteiger partial charge in [-0.3, -0.25) is 4.79 Å². The molecule has 8 heteroatoms. The number of phenols is 1. The molecule has 0 saturated carbocycles. The third-order valence-electron chi connectivity index (χ3n) is 3.31. The summed E-state index contributed by atoms with van der Waals surface area (Å²) in [6.07, 6.45) is 0. The van der Waals surface area contributed by atoms with Crippen LogP contribution in [0.1, 0.15) is 12.5 Å². The van der Waals surface area contributed by atoms with Gasteiger partial charge in [0.15, 0.2) is 0 Å². The van der Waals surface area contributed by atoms with Crippen LogP contribution >= 0.6 is 23.2 Å². The first-order valence-electron chi connectivity index (χ1n) is 7.30. The second-order valence-corrected chi connectivity index (χ2v) is 5.94. The largest absolute Gasteiger partial charge is 0.506 e. The lowest BCUT2D eigenvalue weighted by molar-refractivity contribution is -0.119. The second-order valence-electron chi connectivity index (χ2n) is 5.10. The maximum atomic E-state index is 11.9. The lowest BCUT2D eigenvalue weighted by Gasteiger charge is -2.08. The molecule has 0 spiro atoms. The molecule has 0 aromatic heterocycles. The molecule has 2 rings (SSSR count). The number of aromatic hydroxyl groups is 1. The van der Waals surface area contributed by atoms with Gasteiger partial charge in [-0.2, -0.15) is 5.10 Å². The lowest BCUT2D eigenvalue weighted by atomic mass is 10.1. The van der Waals surface area contributed by atoms with E-state index in [1.54, 1.807) is 38.3 Å². The van der Waals surface area contributed by atoms with Crippen molar-refractivity contribution < 1.29 is 14.6 Å². The Hall–Kier alpha value is -2.44. The highest BCUT2D eigenvalue weighted by Crippen LogP contribution is 2.31. The zero-order valence-corrected chi connectivity index (χ0v) is 15.1. The highest BCUT2D eigenvalue weighted by Gasteiger charge is 2.11. The highest BCUT2D eigenvalue weighted by molar-refractivity contribution is 6.36. The fourth-order valence-corrected chi connectivity index (χ4v) is 2.47. The monoisotopic (exact) mass is 381 g/mol. The molecule has 0 saturated heterocycles. The molecule has 0 fully saturated rings. The second kappa shape index (κ2) is 8.60. The maximum Gasteiger partial charge on any atom is 0.259 e. The van der Waals surface area contributed by atoms with Crippen LogP contribution in [0.2, 0.25) is 10.0 Å². The number of carbonyl (C=O) groups is 1. The van der Waals surface area contributed by atoms with Crippen molar-refractivity contribution in [3.05, 3.63) is 52.0 Å². The van der Waals surface area contributed by atoms with Crippen LogP contribution in [0.3, 0.4) is 0 Å². The summed E-state index contributed by atoms with van der Waals surface area (Å²) in [5, 5.41) is 17.3. The zero-order chi connectivity index (χ0) is 18.4. The van der Waals surface area contributed by atoms with Crippen LogP contribution in [0, 0.1) is 0 Å². The Labute approximate surface area is 155 Å². The predicted octanol–water partition coefficient (Wildman–Crippen LogP) is 3.66. The SMILES string of the molecule is COc1ccc(NCC(=O)N/N=C(\C)c2cc(Cl)cc(Cl)c2O)cc1. The number of methoxy groups -OCH3 is 1. The van der Waals surface area contributed by atoms with Crippen molar-refractivity contribution in [3.8, 4) is 11.5 Å². The molecule has 6 nitrogen and oxygen atoms in total. The summed E-state index contributed by atoms with van der Waals surface area (Å²) in [5.74, 6) is 0.246. The maximum absolute atomic E-state index is 11.9. The molecular formula is C17H17Cl2N3O3. The minimum atomic E-state index is -0.345. The number of nitrogens with one attached hydrogen (secondary N) is 2. The molecule has 132 valence electrons. The summed E-state index contributed by atoms with van der Waals surface area (Å²) in [6.45, 7) is 1.66. The van der Waals surface area contributed by atoms with Crippen LogP contribution < -0.4 is 15.5 Å². The van der Waals surface area contributed by atoms with E-state index in [0.717, 1.165) is 11.4 Å². The van der Waals surface area contributed by atoms with Crippen LogP contribution in [0.15, 0.2) is 41.5 Å². The molecule has 2 aromatic carbocycles. The average Bonchev–Trinajstić information content (AvgIpc) is 2.61. The number of anilines is 1. The van der Waals surface area contributed by atoms with Crippen LogP contribution in [-0.2, 0) is 4.79 Å². The molecule has 25 heavy (non-hydrogen) atoms. The van der Waals surface area contributed by atoms with Crippen LogP contribution in [0.25, 0.3) is 0 Å². The Morgan fingerprint density at radius 2 is 1.92 bits per heavy atom. The first kappa shape index (κ1) is 18.9. The third kappa shape index (κ3) is 5.27. The van der Waals surface area contributed by atoms with Gasteiger partial charge >= 0.3 is 0 Å². The minimum Gasteiger partial charge on any atom is -0.506 e. The molecule has 0 unspecified atom stereocenters. The summed E-state index contributed by atoms with van der Waals surface area (Å²) in [6, 6.07) is 10.1. The molecule has 2 aromatic rings. The predicted molar refractivity (Wildman–Crippen MR) is 100.0 cm³/mol. The first-order chi connectivity index (χ1) is 11.9. The number of benzene rings is 2. The van der Waals surface area contributed by atoms with Crippen molar-refractivity contribution in [3.63, 3.8) is 0 Å². The third-order valence-corrected chi connectivity index (χ3v) is 3.82. The normalized spacial score (nSPS) is 11.1. The number of phenolic OH excluding ortho intramolecular Hbond substituents is 1. The average molecular weight is 382 g/mol. The van der Waals surface area contributed by atoms with Gasteiger partial charge in [-0.05, 0) is 43.3 Å². The Morgan fingerprint density at radius 1 is 1.24 bits per heavy atom. The van der Waals surface area contributed by atoms with Gasteiger partial charge in [0.25, 0.3) is 5.91 Å². The molecule has 0 aliphatic carbocycles. The number of halogens is 2. The van der Waals surface area contributed by atoms with E-state index in [1.165, 1.54) is 12.1 Å². The Balaban J connectivity index is 1.95. The van der Waals surface area contributed by atoms with Crippen molar-refractivity contribution in [2.75, 3.05) is 19.0 Å². The van der Waals surface area contributed by atoms with E-state index in [4.69, 9.17) is 27.9 Å². The molecule has 0 aliphatic rings. The van der Waals surface area contributed by atoms with Crippen LogP contribution in [0.5, 0.6) is 11.5 Å². The molecule has 0 radical (unpaired) electrons. The van der Waals surface area contributed by atoms with E-state index in [1.807, 2.05) is 0 Å². The fraction of sp³-hybridized carbons (Fsp3) is 0.176. The molecule has 0 bridgehead atoms. The Kier molecular flexibility index (Phi) is 6.50. The van der Waals surface area contributed by atoms with E-state index >= 15 is 0 Å². The standard InChI is InChI=1S/C17H17Cl2N3O3/c1-10(14-7-11(18)8-15(19)17(14)24)21-22-16(23)9-20-12-3-5-13(25-2)6-4-12/h3-8,20,24H,9H2,1-2H3,(H,22,23)/b21-10+. The van der Waals surface area contributed by atoms with Gasteiger partial charge in [-0.1, -0.05) is 23.2 Å². The number of ether oxygens (including phenoxy) is 1. The fourth-order valence-electron chi connectivity index (χ4n) is 1.98. The van der Waals surface area contributed by atoms with Gasteiger partial charge in [0, 0.05) is 16.3 Å². The van der Waals surface area contributed by atoms with Gasteiger partial charge in [0.05, 0.1) is 24.4 Å². The van der Waals surface area contributed by atoms with E-state index in [-0.39, 0.29) is 23.2 Å². The van der Waals surface area contributed by atoms with Crippen molar-refractivity contribution in [2.45, 2.75) is 6.92 Å². The van der Waals surface area contributed by atoms with E-state index in [0.29, 0.717) is 16.3 Å². The Bertz CT molecular complexity index is 792. The lowest BCUT2D eigenvalue weighted by Crippen LogP contribution is -2.26. The molecule has 0 heterocycles. The van der Waals surface area contributed by atoms with Gasteiger partial charge in [0.1, 0.15) is 11.5 Å². The van der Waals surface area contributed by atoms with E-state index in [9.17, 15) is 9.90 Å². The number of amides is 1.